The number of aromatic nitrogens is 2. The Bertz CT molecular complexity index is 687. The number of hydrogen-bond donors (Lipinski definition) is 1. The smallest absolute Gasteiger partial charge is 0.287 e. The molecule has 6 heteroatoms. The third-order valence-electron chi connectivity index (χ3n) is 3.42. The monoisotopic (exact) mass is 302 g/mol. The summed E-state index contributed by atoms with van der Waals surface area (Å²) in [7, 11) is 0. The summed E-state index contributed by atoms with van der Waals surface area (Å²) in [6.45, 7) is 8.83. The Balaban J connectivity index is 2.53. The fourth-order valence-electron chi connectivity index (χ4n) is 2.34. The Morgan fingerprint density at radius 2 is 1.95 bits per heavy atom. The van der Waals surface area contributed by atoms with Crippen LogP contribution in [0, 0.1) is 0 Å². The van der Waals surface area contributed by atoms with E-state index in [2.05, 4.69) is 10.3 Å². The second-order valence-corrected chi connectivity index (χ2v) is 5.35. The second-order valence-electron chi connectivity index (χ2n) is 5.35. The third-order valence-corrected chi connectivity index (χ3v) is 3.42. The van der Waals surface area contributed by atoms with Crippen molar-refractivity contribution < 1.29 is 9.59 Å². The van der Waals surface area contributed by atoms with Crippen LogP contribution in [-0.2, 0) is 0 Å². The summed E-state index contributed by atoms with van der Waals surface area (Å²) in [6.07, 6.45) is 1.75. The van der Waals surface area contributed by atoms with Crippen LogP contribution in [0.5, 0.6) is 0 Å². The topological polar surface area (TPSA) is 66.7 Å². The number of fused-ring (bicyclic) bond motifs is 1. The van der Waals surface area contributed by atoms with E-state index in [1.165, 1.54) is 0 Å². The first-order chi connectivity index (χ1) is 10.5. The van der Waals surface area contributed by atoms with Gasteiger partial charge in [-0.15, -0.1) is 0 Å². The maximum atomic E-state index is 12.6. The summed E-state index contributed by atoms with van der Waals surface area (Å²) in [5.74, 6) is -0.202. The molecule has 0 aliphatic rings. The number of nitrogens with one attached hydrogen (secondary N) is 1. The van der Waals surface area contributed by atoms with Gasteiger partial charge in [0.25, 0.3) is 11.8 Å². The first-order valence-corrected chi connectivity index (χ1v) is 7.56. The van der Waals surface area contributed by atoms with Crippen LogP contribution in [0.4, 0.5) is 0 Å². The highest BCUT2D eigenvalue weighted by atomic mass is 16.2. The molecule has 0 aromatic carbocycles. The van der Waals surface area contributed by atoms with Crippen LogP contribution in [0.3, 0.4) is 0 Å². The average molecular weight is 302 g/mol. The lowest BCUT2D eigenvalue weighted by molar-refractivity contribution is 0.0769. The van der Waals surface area contributed by atoms with Crippen molar-refractivity contribution in [3.05, 3.63) is 35.9 Å². The number of carbonyl (C=O) groups excluding carboxylic acids is 2. The molecule has 0 aliphatic carbocycles. The summed E-state index contributed by atoms with van der Waals surface area (Å²) in [6, 6.07) is 5.45. The molecule has 0 fully saturated rings. The highest BCUT2D eigenvalue weighted by Gasteiger charge is 2.24. The van der Waals surface area contributed by atoms with Crippen LogP contribution in [-0.4, -0.2) is 45.2 Å². The van der Waals surface area contributed by atoms with Gasteiger partial charge in [0.2, 0.25) is 5.82 Å². The van der Waals surface area contributed by atoms with Crippen molar-refractivity contribution in [2.24, 2.45) is 0 Å². The Morgan fingerprint density at radius 1 is 1.27 bits per heavy atom. The van der Waals surface area contributed by atoms with E-state index in [1.807, 2.05) is 39.8 Å². The molecule has 6 nitrogen and oxygen atoms in total. The normalized spacial score (nSPS) is 11.0. The Morgan fingerprint density at radius 3 is 2.55 bits per heavy atom. The molecule has 2 aromatic rings. The molecule has 0 spiro atoms. The van der Waals surface area contributed by atoms with E-state index in [0.717, 1.165) is 0 Å². The SMILES string of the molecule is CCN(CC)C(=O)c1nc(C(=O)NC(C)C)n2ccccc12. The van der Waals surface area contributed by atoms with Crippen LogP contribution < -0.4 is 5.32 Å². The zero-order chi connectivity index (χ0) is 16.3. The Labute approximate surface area is 130 Å². The van der Waals surface area contributed by atoms with E-state index in [1.54, 1.807) is 21.6 Å². The van der Waals surface area contributed by atoms with Gasteiger partial charge >= 0.3 is 0 Å². The zero-order valence-corrected chi connectivity index (χ0v) is 13.5. The molecular weight excluding hydrogens is 280 g/mol. The van der Waals surface area contributed by atoms with Crippen molar-refractivity contribution in [1.29, 1.82) is 0 Å². The highest BCUT2D eigenvalue weighted by Crippen LogP contribution is 2.15. The maximum Gasteiger partial charge on any atom is 0.287 e. The predicted molar refractivity (Wildman–Crippen MR) is 85.0 cm³/mol. The van der Waals surface area contributed by atoms with Crippen molar-refractivity contribution in [1.82, 2.24) is 19.6 Å². The number of amides is 2. The molecule has 0 unspecified atom stereocenters. The van der Waals surface area contributed by atoms with Gasteiger partial charge in [-0.25, -0.2) is 4.98 Å². The summed E-state index contributed by atoms with van der Waals surface area (Å²) in [5, 5.41) is 2.81. The van der Waals surface area contributed by atoms with Gasteiger partial charge in [0.1, 0.15) is 0 Å². The van der Waals surface area contributed by atoms with Crippen molar-refractivity contribution in [3.63, 3.8) is 0 Å². The van der Waals surface area contributed by atoms with E-state index in [9.17, 15) is 9.59 Å². The van der Waals surface area contributed by atoms with Gasteiger partial charge in [0.05, 0.1) is 5.52 Å². The van der Waals surface area contributed by atoms with Crippen LogP contribution in [0.2, 0.25) is 0 Å². The standard InChI is InChI=1S/C16H22N4O2/c1-5-19(6-2)16(22)13-12-9-7-8-10-20(12)14(18-13)15(21)17-11(3)4/h7-11H,5-6H2,1-4H3,(H,17,21). The van der Waals surface area contributed by atoms with E-state index >= 15 is 0 Å². The first kappa shape index (κ1) is 16.0. The Hall–Kier alpha value is -2.37. The minimum Gasteiger partial charge on any atom is -0.347 e. The molecule has 2 aromatic heterocycles. The van der Waals surface area contributed by atoms with E-state index < -0.39 is 0 Å². The summed E-state index contributed by atoms with van der Waals surface area (Å²) >= 11 is 0. The van der Waals surface area contributed by atoms with Gasteiger partial charge in [0, 0.05) is 25.3 Å². The third kappa shape index (κ3) is 2.95. The molecule has 118 valence electrons. The lowest BCUT2D eigenvalue weighted by Crippen LogP contribution is -2.32. The van der Waals surface area contributed by atoms with Gasteiger partial charge in [-0.1, -0.05) is 6.07 Å². The van der Waals surface area contributed by atoms with E-state index in [4.69, 9.17) is 0 Å². The molecule has 2 amide bonds. The van der Waals surface area contributed by atoms with E-state index in [-0.39, 0.29) is 23.7 Å². The lowest BCUT2D eigenvalue weighted by atomic mass is 10.3. The first-order valence-electron chi connectivity index (χ1n) is 7.56. The molecule has 0 saturated heterocycles. The van der Waals surface area contributed by atoms with Gasteiger partial charge in [-0.3, -0.25) is 14.0 Å². The van der Waals surface area contributed by atoms with Crippen LogP contribution >= 0.6 is 0 Å². The average Bonchev–Trinajstić information content (AvgIpc) is 2.87. The van der Waals surface area contributed by atoms with Crippen LogP contribution in [0.1, 0.15) is 48.8 Å². The van der Waals surface area contributed by atoms with Crippen LogP contribution in [0.15, 0.2) is 24.4 Å². The van der Waals surface area contributed by atoms with E-state index in [0.29, 0.717) is 24.3 Å². The quantitative estimate of drug-likeness (QED) is 0.918. The molecule has 1 N–H and O–H groups in total. The molecule has 0 radical (unpaired) electrons. The molecule has 0 bridgehead atoms. The minimum atomic E-state index is -0.283. The maximum absolute atomic E-state index is 12.6. The number of pyridine rings is 1. The molecular formula is C16H22N4O2. The highest BCUT2D eigenvalue weighted by molar-refractivity contribution is 6.02. The zero-order valence-electron chi connectivity index (χ0n) is 13.5. The number of rotatable bonds is 5. The fraction of sp³-hybridized carbons (Fsp3) is 0.438. The summed E-state index contributed by atoms with van der Waals surface area (Å²) in [4.78, 5) is 30.9. The van der Waals surface area contributed by atoms with Gasteiger partial charge < -0.3 is 10.2 Å². The number of imidazole rings is 1. The molecule has 22 heavy (non-hydrogen) atoms. The van der Waals surface area contributed by atoms with Crippen LogP contribution in [0.25, 0.3) is 5.52 Å². The molecule has 0 aliphatic heterocycles. The lowest BCUT2D eigenvalue weighted by Gasteiger charge is -2.17. The number of nitrogens with zero attached hydrogens (tertiary/aromatic N) is 3. The Kier molecular flexibility index (Phi) is 4.80. The fourth-order valence-corrected chi connectivity index (χ4v) is 2.34. The van der Waals surface area contributed by atoms with Crippen molar-refractivity contribution in [3.8, 4) is 0 Å². The van der Waals surface area contributed by atoms with Crippen molar-refractivity contribution in [2.75, 3.05) is 13.1 Å². The van der Waals surface area contributed by atoms with Gasteiger partial charge in [-0.2, -0.15) is 0 Å². The largest absolute Gasteiger partial charge is 0.347 e. The summed E-state index contributed by atoms with van der Waals surface area (Å²) < 4.78 is 1.66. The molecule has 2 rings (SSSR count). The number of hydrogen-bond acceptors (Lipinski definition) is 3. The van der Waals surface area contributed by atoms with Crippen molar-refractivity contribution >= 4 is 17.3 Å². The molecule has 0 atom stereocenters. The van der Waals surface area contributed by atoms with Gasteiger partial charge in [0.15, 0.2) is 5.69 Å². The van der Waals surface area contributed by atoms with Crippen molar-refractivity contribution in [2.45, 2.75) is 33.7 Å². The summed E-state index contributed by atoms with van der Waals surface area (Å²) in [5.41, 5.74) is 0.964. The second kappa shape index (κ2) is 6.60. The van der Waals surface area contributed by atoms with Gasteiger partial charge in [-0.05, 0) is 39.8 Å². The predicted octanol–water partition coefficient (Wildman–Crippen LogP) is 1.95. The molecule has 2 heterocycles. The minimum absolute atomic E-state index is 0.00509. The number of carbonyl (C=O) groups is 2. The molecule has 0 saturated carbocycles.